The highest BCUT2D eigenvalue weighted by molar-refractivity contribution is 7.99. The smallest absolute Gasteiger partial charge is 0.308 e. The Hall–Kier alpha value is -0.830. The molecule has 1 fully saturated rings. The summed E-state index contributed by atoms with van der Waals surface area (Å²) in [6.45, 7) is 11.7. The topological polar surface area (TPSA) is 102 Å². The summed E-state index contributed by atoms with van der Waals surface area (Å²) in [6.07, 6.45) is 39.0. The molecule has 0 aromatic rings. The summed E-state index contributed by atoms with van der Waals surface area (Å²) in [7, 11) is 0. The van der Waals surface area contributed by atoms with Gasteiger partial charge in [0.1, 0.15) is 0 Å². The van der Waals surface area contributed by atoms with Gasteiger partial charge in [-0.3, -0.25) is 14.5 Å². The quantitative estimate of drug-likeness (QED) is 0.0462. The van der Waals surface area contributed by atoms with Crippen molar-refractivity contribution in [3.63, 3.8) is 0 Å². The summed E-state index contributed by atoms with van der Waals surface area (Å²) in [5, 5.41) is 11.1. The Kier molecular flexibility index (Phi) is 39.2. The molecule has 0 aliphatic heterocycles. The van der Waals surface area contributed by atoms with Gasteiger partial charge >= 0.3 is 11.9 Å². The van der Waals surface area contributed by atoms with Crippen LogP contribution in [0.5, 0.6) is 0 Å². The van der Waals surface area contributed by atoms with Gasteiger partial charge < -0.3 is 20.3 Å². The number of nitrogens with zero attached hydrogens (tertiary/aromatic N) is 1. The Morgan fingerprint density at radius 2 is 1.17 bits per heavy atom. The van der Waals surface area contributed by atoms with Gasteiger partial charge in [0.15, 0.2) is 0 Å². The van der Waals surface area contributed by atoms with Crippen LogP contribution in [0.2, 0.25) is 0 Å². The van der Waals surface area contributed by atoms with Gasteiger partial charge in [0.2, 0.25) is 0 Å². The average Bonchev–Trinajstić information content (AvgIpc) is 3.23. The molecule has 59 heavy (non-hydrogen) atoms. The molecule has 1 rings (SSSR count). The second kappa shape index (κ2) is 41.2. The van der Waals surface area contributed by atoms with E-state index in [1.807, 2.05) is 0 Å². The Bertz CT molecular complexity index is 940. The summed E-state index contributed by atoms with van der Waals surface area (Å²) in [5.41, 5.74) is 6.65. The number of unbranched alkanes of at least 4 members (excludes halogenated alkanes) is 19. The SMILES string of the molecule is CCCCCCCCC(CCCCCC)COC(=O)CCCCCN(CC(O)CSCCCCOC(=O)C(CCCCCC)CCCCCCCC)C1CCCC[C@@H]1N. The number of carbonyl (C=O) groups is 2. The molecule has 5 atom stereocenters. The molecule has 3 N–H and O–H groups in total. The number of aliphatic hydroxyl groups excluding tert-OH is 1. The number of aliphatic hydroxyl groups is 1. The van der Waals surface area contributed by atoms with Crippen LogP contribution in [0.3, 0.4) is 0 Å². The first-order chi connectivity index (χ1) is 28.9. The fourth-order valence-electron chi connectivity index (χ4n) is 8.92. The summed E-state index contributed by atoms with van der Waals surface area (Å²) in [4.78, 5) is 28.2. The number of hydrogen-bond donors (Lipinski definition) is 2. The lowest BCUT2D eigenvalue weighted by Crippen LogP contribution is -2.52. The third kappa shape index (κ3) is 32.5. The predicted octanol–water partition coefficient (Wildman–Crippen LogP) is 13.8. The first-order valence-electron chi connectivity index (χ1n) is 25.9. The number of esters is 2. The fourth-order valence-corrected chi connectivity index (χ4v) is 9.87. The van der Waals surface area contributed by atoms with Crippen LogP contribution in [0.25, 0.3) is 0 Å². The van der Waals surface area contributed by atoms with Crippen LogP contribution < -0.4 is 5.73 Å². The zero-order chi connectivity index (χ0) is 43.0. The molecule has 0 saturated heterocycles. The van der Waals surface area contributed by atoms with E-state index in [9.17, 15) is 14.7 Å². The normalized spacial score (nSPS) is 17.3. The van der Waals surface area contributed by atoms with Crippen molar-refractivity contribution in [1.82, 2.24) is 4.90 Å². The van der Waals surface area contributed by atoms with Crippen molar-refractivity contribution in [2.24, 2.45) is 17.6 Å². The lowest BCUT2D eigenvalue weighted by atomic mass is 9.89. The Morgan fingerprint density at radius 1 is 0.644 bits per heavy atom. The van der Waals surface area contributed by atoms with Crippen molar-refractivity contribution in [3.05, 3.63) is 0 Å². The van der Waals surface area contributed by atoms with E-state index in [1.54, 1.807) is 11.8 Å². The number of carbonyl (C=O) groups excluding carboxylic acids is 2. The van der Waals surface area contributed by atoms with Crippen LogP contribution in [-0.2, 0) is 19.1 Å². The van der Waals surface area contributed by atoms with Crippen LogP contribution in [0.4, 0.5) is 0 Å². The molecule has 0 bridgehead atoms. The van der Waals surface area contributed by atoms with Crippen molar-refractivity contribution in [2.75, 3.05) is 37.8 Å². The van der Waals surface area contributed by atoms with Crippen molar-refractivity contribution in [1.29, 1.82) is 0 Å². The van der Waals surface area contributed by atoms with Gasteiger partial charge in [-0.25, -0.2) is 0 Å². The molecule has 0 aromatic heterocycles. The fraction of sp³-hybridized carbons (Fsp3) is 0.961. The summed E-state index contributed by atoms with van der Waals surface area (Å²) >= 11 is 1.81. The van der Waals surface area contributed by atoms with Crippen LogP contribution in [0.15, 0.2) is 0 Å². The minimum Gasteiger partial charge on any atom is -0.465 e. The third-order valence-electron chi connectivity index (χ3n) is 12.8. The molecule has 0 heterocycles. The molecule has 350 valence electrons. The van der Waals surface area contributed by atoms with E-state index in [0.29, 0.717) is 43.9 Å². The van der Waals surface area contributed by atoms with Gasteiger partial charge in [-0.15, -0.1) is 0 Å². The van der Waals surface area contributed by atoms with Crippen LogP contribution in [-0.4, -0.2) is 77.9 Å². The highest BCUT2D eigenvalue weighted by atomic mass is 32.2. The molecule has 1 aliphatic rings. The Labute approximate surface area is 371 Å². The van der Waals surface area contributed by atoms with E-state index in [0.717, 1.165) is 82.9 Å². The second-order valence-corrected chi connectivity index (χ2v) is 19.6. The monoisotopic (exact) mass is 853 g/mol. The molecule has 0 amide bonds. The van der Waals surface area contributed by atoms with Crippen molar-refractivity contribution in [3.8, 4) is 0 Å². The molecular formula is C51H100N2O5S. The first kappa shape index (κ1) is 56.2. The van der Waals surface area contributed by atoms with Gasteiger partial charge in [0, 0.05) is 30.8 Å². The lowest BCUT2D eigenvalue weighted by molar-refractivity contribution is -0.149. The van der Waals surface area contributed by atoms with Gasteiger partial charge in [-0.1, -0.05) is 175 Å². The average molecular weight is 853 g/mol. The van der Waals surface area contributed by atoms with Gasteiger partial charge in [0.05, 0.1) is 25.2 Å². The van der Waals surface area contributed by atoms with Gasteiger partial charge in [-0.05, 0) is 82.4 Å². The number of rotatable bonds is 43. The van der Waals surface area contributed by atoms with Crippen LogP contribution in [0.1, 0.15) is 246 Å². The molecule has 0 aromatic carbocycles. The Balaban J connectivity index is 2.40. The molecule has 1 aliphatic carbocycles. The van der Waals surface area contributed by atoms with E-state index in [1.165, 1.54) is 141 Å². The minimum atomic E-state index is -0.399. The van der Waals surface area contributed by atoms with Gasteiger partial charge in [0.25, 0.3) is 0 Å². The molecule has 7 nitrogen and oxygen atoms in total. The van der Waals surface area contributed by atoms with Crippen molar-refractivity contribution >= 4 is 23.7 Å². The van der Waals surface area contributed by atoms with E-state index < -0.39 is 6.10 Å². The highest BCUT2D eigenvalue weighted by Crippen LogP contribution is 2.25. The van der Waals surface area contributed by atoms with E-state index >= 15 is 0 Å². The van der Waals surface area contributed by atoms with E-state index in [4.69, 9.17) is 15.2 Å². The number of nitrogens with two attached hydrogens (primary N) is 1. The zero-order valence-corrected chi connectivity index (χ0v) is 40.5. The molecule has 8 heteroatoms. The molecular weight excluding hydrogens is 753 g/mol. The maximum atomic E-state index is 13.0. The minimum absolute atomic E-state index is 0.0230. The number of thioether (sulfide) groups is 1. The summed E-state index contributed by atoms with van der Waals surface area (Å²) in [6, 6.07) is 0.481. The predicted molar refractivity (Wildman–Crippen MR) is 255 cm³/mol. The largest absolute Gasteiger partial charge is 0.465 e. The van der Waals surface area contributed by atoms with Crippen molar-refractivity contribution < 1.29 is 24.2 Å². The third-order valence-corrected chi connectivity index (χ3v) is 14.0. The molecule has 0 radical (unpaired) electrons. The molecule has 0 spiro atoms. The number of hydrogen-bond acceptors (Lipinski definition) is 8. The first-order valence-corrected chi connectivity index (χ1v) is 27.1. The molecule has 1 saturated carbocycles. The van der Waals surface area contributed by atoms with E-state index in [2.05, 4.69) is 32.6 Å². The maximum Gasteiger partial charge on any atom is 0.308 e. The lowest BCUT2D eigenvalue weighted by Gasteiger charge is -2.39. The highest BCUT2D eigenvalue weighted by Gasteiger charge is 2.29. The second-order valence-electron chi connectivity index (χ2n) is 18.5. The van der Waals surface area contributed by atoms with Gasteiger partial charge in [-0.2, -0.15) is 11.8 Å². The summed E-state index contributed by atoms with van der Waals surface area (Å²) in [5.74, 6) is 2.23. The van der Waals surface area contributed by atoms with Crippen molar-refractivity contribution in [2.45, 2.75) is 264 Å². The standard InChI is InChI=1S/C51H100N2O5S/c1-5-9-13-17-19-23-33-45(32-22-15-11-7-3)43-58-50(55)38-26-21-29-39-53(49-37-28-27-36-48(49)52)42-47(54)44-59-41-31-30-40-57-51(56)46(34-24-16-12-8-4)35-25-20-18-14-10-6-2/h45-49,54H,5-44,52H2,1-4H3/t45?,46?,47?,48-,49?/m0/s1. The Morgan fingerprint density at radius 3 is 1.76 bits per heavy atom. The number of ether oxygens (including phenoxy) is 2. The van der Waals surface area contributed by atoms with Crippen LogP contribution in [0, 0.1) is 11.8 Å². The van der Waals surface area contributed by atoms with Crippen LogP contribution >= 0.6 is 11.8 Å². The summed E-state index contributed by atoms with van der Waals surface area (Å²) < 4.78 is 11.7. The zero-order valence-electron chi connectivity index (χ0n) is 39.7. The van der Waals surface area contributed by atoms with E-state index in [-0.39, 0.29) is 23.9 Å². The maximum absolute atomic E-state index is 13.0. The molecule has 4 unspecified atom stereocenters.